The summed E-state index contributed by atoms with van der Waals surface area (Å²) in [5.41, 5.74) is 8.16. The largest absolute Gasteiger partial charge is 0.464 e. The molecule has 3 N–H and O–H groups in total. The fraction of sp³-hybridized carbons (Fsp3) is 0.0476. The lowest BCUT2D eigenvalue weighted by atomic mass is 10.1. The molecular formula is C21H18N2O3S. The topological polar surface area (TPSA) is 81.4 Å². The number of thiophene rings is 1. The van der Waals surface area contributed by atoms with Crippen LogP contribution in [0.15, 0.2) is 72.4 Å². The Morgan fingerprint density at radius 2 is 1.70 bits per heavy atom. The minimum atomic E-state index is -0.617. The summed E-state index contributed by atoms with van der Waals surface area (Å²) < 4.78 is 4.79. The van der Waals surface area contributed by atoms with Crippen LogP contribution in [0, 0.1) is 0 Å². The fourth-order valence-corrected chi connectivity index (χ4v) is 3.48. The molecule has 136 valence electrons. The number of hydrogen-bond acceptors (Lipinski definition) is 5. The predicted octanol–water partition coefficient (Wildman–Crippen LogP) is 3.94. The van der Waals surface area contributed by atoms with E-state index in [0.717, 1.165) is 15.3 Å². The van der Waals surface area contributed by atoms with E-state index in [1.807, 2.05) is 42.5 Å². The Balaban J connectivity index is 1.88. The molecule has 3 aromatic rings. The first-order valence-corrected chi connectivity index (χ1v) is 9.01. The lowest BCUT2D eigenvalue weighted by molar-refractivity contribution is -0.136. The second-order valence-electron chi connectivity index (χ2n) is 5.66. The average molecular weight is 378 g/mol. The molecule has 1 heterocycles. The summed E-state index contributed by atoms with van der Waals surface area (Å²) in [7, 11) is 1.27. The molecule has 0 radical (unpaired) electrons. The van der Waals surface area contributed by atoms with Crippen molar-refractivity contribution >= 4 is 35.0 Å². The number of esters is 1. The second-order valence-corrected chi connectivity index (χ2v) is 6.77. The van der Waals surface area contributed by atoms with Crippen molar-refractivity contribution in [2.75, 3.05) is 12.8 Å². The number of methoxy groups -OCH3 is 1. The quantitative estimate of drug-likeness (QED) is 0.400. The number of carbonyl (C=O) groups is 2. The van der Waals surface area contributed by atoms with Gasteiger partial charge in [-0.25, -0.2) is 4.79 Å². The summed E-state index contributed by atoms with van der Waals surface area (Å²) in [6.45, 7) is 0. The Labute approximate surface area is 161 Å². The van der Waals surface area contributed by atoms with Crippen LogP contribution in [-0.2, 0) is 9.53 Å². The molecule has 0 spiro atoms. The Hall–Kier alpha value is -3.38. The van der Waals surface area contributed by atoms with Gasteiger partial charge in [-0.3, -0.25) is 4.79 Å². The molecule has 1 aromatic heterocycles. The summed E-state index contributed by atoms with van der Waals surface area (Å²) in [6.07, 6.45) is 1.60. The zero-order chi connectivity index (χ0) is 19.2. The first kappa shape index (κ1) is 18.4. The van der Waals surface area contributed by atoms with Gasteiger partial charge in [0.15, 0.2) is 0 Å². The second kappa shape index (κ2) is 8.33. The molecule has 5 nitrogen and oxygen atoms in total. The van der Waals surface area contributed by atoms with Crippen LogP contribution in [-0.4, -0.2) is 19.0 Å². The van der Waals surface area contributed by atoms with Gasteiger partial charge in [0.25, 0.3) is 5.91 Å². The standard InChI is InChI=1S/C21H18N2O3S/c1-26-21(25)18(23-20(24)14-7-3-2-4-8-14)13-15-11-12-19(27-15)16-9-5-6-10-17(16)22/h2-13H,22H2,1H3,(H,23,24). The van der Waals surface area contributed by atoms with Gasteiger partial charge in [-0.05, 0) is 36.4 Å². The van der Waals surface area contributed by atoms with Gasteiger partial charge in [0, 0.05) is 26.6 Å². The number of nitrogen functional groups attached to an aromatic ring is 1. The molecule has 2 aromatic carbocycles. The number of nitrogens with two attached hydrogens (primary N) is 1. The highest BCUT2D eigenvalue weighted by Crippen LogP contribution is 2.32. The third kappa shape index (κ3) is 4.43. The third-order valence-electron chi connectivity index (χ3n) is 3.83. The molecular weight excluding hydrogens is 360 g/mol. The number of nitrogens with one attached hydrogen (secondary N) is 1. The summed E-state index contributed by atoms with van der Waals surface area (Å²) in [5, 5.41) is 2.62. The predicted molar refractivity (Wildman–Crippen MR) is 108 cm³/mol. The Morgan fingerprint density at radius 3 is 2.41 bits per heavy atom. The minimum absolute atomic E-state index is 0.0702. The smallest absolute Gasteiger partial charge is 0.354 e. The molecule has 0 aliphatic heterocycles. The molecule has 27 heavy (non-hydrogen) atoms. The van der Waals surface area contributed by atoms with Gasteiger partial charge in [-0.2, -0.15) is 0 Å². The van der Waals surface area contributed by atoms with E-state index >= 15 is 0 Å². The highest BCUT2D eigenvalue weighted by molar-refractivity contribution is 7.16. The van der Waals surface area contributed by atoms with Crippen molar-refractivity contribution < 1.29 is 14.3 Å². The van der Waals surface area contributed by atoms with E-state index in [1.165, 1.54) is 18.4 Å². The van der Waals surface area contributed by atoms with Gasteiger partial charge in [-0.15, -0.1) is 11.3 Å². The molecule has 0 fully saturated rings. The summed E-state index contributed by atoms with van der Waals surface area (Å²) in [5.74, 6) is -0.996. The number of carbonyl (C=O) groups excluding carboxylic acids is 2. The molecule has 0 saturated heterocycles. The van der Waals surface area contributed by atoms with Crippen LogP contribution < -0.4 is 11.1 Å². The van der Waals surface area contributed by atoms with Gasteiger partial charge in [-0.1, -0.05) is 36.4 Å². The van der Waals surface area contributed by atoms with E-state index in [0.29, 0.717) is 11.3 Å². The first-order valence-electron chi connectivity index (χ1n) is 8.19. The van der Waals surface area contributed by atoms with E-state index in [9.17, 15) is 9.59 Å². The molecule has 0 unspecified atom stereocenters. The van der Waals surface area contributed by atoms with Crippen LogP contribution in [0.4, 0.5) is 5.69 Å². The number of anilines is 1. The van der Waals surface area contributed by atoms with Gasteiger partial charge in [0.05, 0.1) is 7.11 Å². The average Bonchev–Trinajstić information content (AvgIpc) is 3.16. The van der Waals surface area contributed by atoms with E-state index in [1.54, 1.807) is 30.3 Å². The Kier molecular flexibility index (Phi) is 5.68. The first-order chi connectivity index (χ1) is 13.1. The normalized spacial score (nSPS) is 11.1. The molecule has 0 saturated carbocycles. The van der Waals surface area contributed by atoms with Crippen LogP contribution in [0.25, 0.3) is 16.5 Å². The van der Waals surface area contributed by atoms with Crippen LogP contribution in [0.2, 0.25) is 0 Å². The van der Waals surface area contributed by atoms with Crippen LogP contribution in [0.1, 0.15) is 15.2 Å². The number of benzene rings is 2. The summed E-state index contributed by atoms with van der Waals surface area (Å²) >= 11 is 1.46. The Morgan fingerprint density at radius 1 is 1.00 bits per heavy atom. The van der Waals surface area contributed by atoms with Crippen molar-refractivity contribution in [3.05, 3.63) is 82.9 Å². The van der Waals surface area contributed by atoms with Crippen LogP contribution in [0.5, 0.6) is 0 Å². The summed E-state index contributed by atoms with van der Waals surface area (Å²) in [4.78, 5) is 26.2. The number of ether oxygens (including phenoxy) is 1. The van der Waals surface area contributed by atoms with Crippen molar-refractivity contribution in [1.29, 1.82) is 0 Å². The molecule has 3 rings (SSSR count). The molecule has 0 atom stereocenters. The van der Waals surface area contributed by atoms with Crippen molar-refractivity contribution in [1.82, 2.24) is 5.32 Å². The highest BCUT2D eigenvalue weighted by atomic mass is 32.1. The lowest BCUT2D eigenvalue weighted by Crippen LogP contribution is -2.27. The third-order valence-corrected chi connectivity index (χ3v) is 4.89. The van der Waals surface area contributed by atoms with Crippen LogP contribution >= 0.6 is 11.3 Å². The van der Waals surface area contributed by atoms with Crippen molar-refractivity contribution in [2.45, 2.75) is 0 Å². The van der Waals surface area contributed by atoms with Gasteiger partial charge in [0.2, 0.25) is 0 Å². The van der Waals surface area contributed by atoms with Crippen molar-refractivity contribution in [3.63, 3.8) is 0 Å². The molecule has 0 bridgehead atoms. The Bertz CT molecular complexity index is 993. The number of hydrogen-bond donors (Lipinski definition) is 2. The zero-order valence-electron chi connectivity index (χ0n) is 14.6. The zero-order valence-corrected chi connectivity index (χ0v) is 15.5. The highest BCUT2D eigenvalue weighted by Gasteiger charge is 2.15. The number of amides is 1. The van der Waals surface area contributed by atoms with E-state index < -0.39 is 5.97 Å². The SMILES string of the molecule is COC(=O)C(=Cc1ccc(-c2ccccc2N)s1)NC(=O)c1ccccc1. The number of rotatable bonds is 5. The molecule has 0 aliphatic carbocycles. The fourth-order valence-electron chi connectivity index (χ4n) is 2.48. The van der Waals surface area contributed by atoms with Gasteiger partial charge < -0.3 is 15.8 Å². The maximum Gasteiger partial charge on any atom is 0.354 e. The molecule has 6 heteroatoms. The van der Waals surface area contributed by atoms with Crippen LogP contribution in [0.3, 0.4) is 0 Å². The summed E-state index contributed by atoms with van der Waals surface area (Å²) in [6, 6.07) is 20.0. The van der Waals surface area contributed by atoms with E-state index in [-0.39, 0.29) is 11.6 Å². The molecule has 0 aliphatic rings. The minimum Gasteiger partial charge on any atom is -0.464 e. The van der Waals surface area contributed by atoms with E-state index in [2.05, 4.69) is 5.32 Å². The maximum absolute atomic E-state index is 12.4. The van der Waals surface area contributed by atoms with Crippen molar-refractivity contribution in [3.8, 4) is 10.4 Å². The number of para-hydroxylation sites is 1. The van der Waals surface area contributed by atoms with E-state index in [4.69, 9.17) is 10.5 Å². The van der Waals surface area contributed by atoms with Gasteiger partial charge >= 0.3 is 5.97 Å². The monoisotopic (exact) mass is 378 g/mol. The maximum atomic E-state index is 12.4. The molecule has 1 amide bonds. The van der Waals surface area contributed by atoms with Crippen molar-refractivity contribution in [2.24, 2.45) is 0 Å². The van der Waals surface area contributed by atoms with Gasteiger partial charge in [0.1, 0.15) is 5.70 Å². The lowest BCUT2D eigenvalue weighted by Gasteiger charge is -2.08.